The van der Waals surface area contributed by atoms with E-state index in [1.165, 1.54) is 32.1 Å². The second-order valence-electron chi connectivity index (χ2n) is 6.74. The van der Waals surface area contributed by atoms with Gasteiger partial charge in [0.25, 0.3) is 0 Å². The Hall–Kier alpha value is 0. The molecule has 0 aromatic rings. The molecule has 0 saturated heterocycles. The van der Waals surface area contributed by atoms with Crippen molar-refractivity contribution in [3.8, 4) is 0 Å². The van der Waals surface area contributed by atoms with Crippen molar-refractivity contribution in [3.05, 3.63) is 0 Å². The lowest BCUT2D eigenvalue weighted by molar-refractivity contribution is -0.0180. The van der Waals surface area contributed by atoms with Crippen LogP contribution in [0.25, 0.3) is 0 Å². The Bertz CT molecular complexity index is 194. The average molecular weight is 224 g/mol. The SMILES string of the molecule is CCC(CC)(C(C)CC(C)C)C1CC(C)C1. The first kappa shape index (κ1) is 14.1. The van der Waals surface area contributed by atoms with Crippen LogP contribution in [0.5, 0.6) is 0 Å². The number of rotatable bonds is 6. The summed E-state index contributed by atoms with van der Waals surface area (Å²) >= 11 is 0. The molecule has 0 amide bonds. The minimum Gasteiger partial charge on any atom is -0.0648 e. The van der Waals surface area contributed by atoms with E-state index in [-0.39, 0.29) is 0 Å². The van der Waals surface area contributed by atoms with Gasteiger partial charge < -0.3 is 0 Å². The van der Waals surface area contributed by atoms with Crippen LogP contribution < -0.4 is 0 Å². The van der Waals surface area contributed by atoms with Crippen molar-refractivity contribution < 1.29 is 0 Å². The monoisotopic (exact) mass is 224 g/mol. The molecule has 0 aromatic heterocycles. The topological polar surface area (TPSA) is 0 Å². The third-order valence-electron chi connectivity index (χ3n) is 5.31. The van der Waals surface area contributed by atoms with Crippen LogP contribution in [-0.2, 0) is 0 Å². The first-order valence-electron chi connectivity index (χ1n) is 7.46. The van der Waals surface area contributed by atoms with E-state index in [0.717, 1.165) is 23.7 Å². The third-order valence-corrected chi connectivity index (χ3v) is 5.31. The maximum absolute atomic E-state index is 2.51. The van der Waals surface area contributed by atoms with Gasteiger partial charge in [0.1, 0.15) is 0 Å². The summed E-state index contributed by atoms with van der Waals surface area (Å²) in [5.74, 6) is 3.77. The van der Waals surface area contributed by atoms with Crippen LogP contribution in [0.2, 0.25) is 0 Å². The molecule has 16 heavy (non-hydrogen) atoms. The maximum Gasteiger partial charge on any atom is -0.0248 e. The summed E-state index contributed by atoms with van der Waals surface area (Å²) in [7, 11) is 0. The number of hydrogen-bond donors (Lipinski definition) is 0. The fourth-order valence-electron chi connectivity index (χ4n) is 4.24. The quantitative estimate of drug-likeness (QED) is 0.557. The fourth-order valence-corrected chi connectivity index (χ4v) is 4.24. The summed E-state index contributed by atoms with van der Waals surface area (Å²) in [5.41, 5.74) is 0.650. The van der Waals surface area contributed by atoms with Gasteiger partial charge in [-0.1, -0.05) is 41.5 Å². The van der Waals surface area contributed by atoms with E-state index in [2.05, 4.69) is 41.5 Å². The van der Waals surface area contributed by atoms with Gasteiger partial charge in [-0.25, -0.2) is 0 Å². The van der Waals surface area contributed by atoms with Crippen molar-refractivity contribution in [3.63, 3.8) is 0 Å². The van der Waals surface area contributed by atoms with E-state index in [4.69, 9.17) is 0 Å². The molecule has 1 saturated carbocycles. The highest BCUT2D eigenvalue weighted by Crippen LogP contribution is 2.54. The van der Waals surface area contributed by atoms with Gasteiger partial charge in [-0.15, -0.1) is 0 Å². The normalized spacial score (nSPS) is 27.9. The average Bonchev–Trinajstić information content (AvgIpc) is 2.16. The second kappa shape index (κ2) is 5.56. The van der Waals surface area contributed by atoms with Crippen molar-refractivity contribution in [2.24, 2.45) is 29.1 Å². The molecule has 1 fully saturated rings. The summed E-state index contributed by atoms with van der Waals surface area (Å²) < 4.78 is 0. The van der Waals surface area contributed by atoms with E-state index in [1.54, 1.807) is 0 Å². The molecule has 1 unspecified atom stereocenters. The van der Waals surface area contributed by atoms with Gasteiger partial charge in [0, 0.05) is 0 Å². The minimum absolute atomic E-state index is 0.650. The molecular formula is C16H32. The summed E-state index contributed by atoms with van der Waals surface area (Å²) in [4.78, 5) is 0. The molecule has 96 valence electrons. The largest absolute Gasteiger partial charge is 0.0648 e. The maximum atomic E-state index is 2.51. The fraction of sp³-hybridized carbons (Fsp3) is 1.00. The van der Waals surface area contributed by atoms with Crippen LogP contribution in [0.1, 0.15) is 73.6 Å². The Kier molecular flexibility index (Phi) is 4.88. The third kappa shape index (κ3) is 2.63. The predicted octanol–water partition coefficient (Wildman–Crippen LogP) is 5.52. The van der Waals surface area contributed by atoms with Crippen LogP contribution in [0.4, 0.5) is 0 Å². The van der Waals surface area contributed by atoms with Crippen LogP contribution in [0, 0.1) is 29.1 Å². The molecule has 0 nitrogen and oxygen atoms in total. The summed E-state index contributed by atoms with van der Waals surface area (Å²) in [6.07, 6.45) is 7.16. The molecule has 1 aliphatic rings. The Balaban J connectivity index is 2.70. The van der Waals surface area contributed by atoms with Gasteiger partial charge in [0.15, 0.2) is 0 Å². The molecule has 0 heteroatoms. The highest BCUT2D eigenvalue weighted by Gasteiger charge is 2.45. The predicted molar refractivity (Wildman–Crippen MR) is 73.5 cm³/mol. The van der Waals surface area contributed by atoms with Crippen molar-refractivity contribution in [2.75, 3.05) is 0 Å². The van der Waals surface area contributed by atoms with Crippen LogP contribution in [0.15, 0.2) is 0 Å². The molecule has 0 radical (unpaired) electrons. The zero-order chi connectivity index (χ0) is 12.3. The number of hydrogen-bond acceptors (Lipinski definition) is 0. The first-order valence-corrected chi connectivity index (χ1v) is 7.46. The summed E-state index contributed by atoms with van der Waals surface area (Å²) in [5, 5.41) is 0. The second-order valence-corrected chi connectivity index (χ2v) is 6.74. The molecule has 0 aliphatic heterocycles. The van der Waals surface area contributed by atoms with E-state index < -0.39 is 0 Å². The van der Waals surface area contributed by atoms with E-state index in [1.807, 2.05) is 0 Å². The highest BCUT2D eigenvalue weighted by atomic mass is 14.5. The van der Waals surface area contributed by atoms with Crippen molar-refractivity contribution in [2.45, 2.75) is 73.6 Å². The standard InChI is InChI=1S/C16H32/c1-7-16(8-2,14(6)9-12(3)4)15-10-13(5)11-15/h12-15H,7-11H2,1-6H3. The summed E-state index contributed by atoms with van der Waals surface area (Å²) in [6.45, 7) is 14.5. The van der Waals surface area contributed by atoms with E-state index in [9.17, 15) is 0 Å². The highest BCUT2D eigenvalue weighted by molar-refractivity contribution is 4.94. The van der Waals surface area contributed by atoms with Gasteiger partial charge in [0.2, 0.25) is 0 Å². The van der Waals surface area contributed by atoms with E-state index in [0.29, 0.717) is 5.41 Å². The van der Waals surface area contributed by atoms with Gasteiger partial charge in [0.05, 0.1) is 0 Å². The zero-order valence-corrected chi connectivity index (χ0v) is 12.3. The minimum atomic E-state index is 0.650. The molecule has 1 rings (SSSR count). The van der Waals surface area contributed by atoms with Gasteiger partial charge in [-0.2, -0.15) is 0 Å². The Morgan fingerprint density at radius 3 is 1.88 bits per heavy atom. The molecular weight excluding hydrogens is 192 g/mol. The Morgan fingerprint density at radius 1 is 1.06 bits per heavy atom. The van der Waals surface area contributed by atoms with Gasteiger partial charge >= 0.3 is 0 Å². The first-order chi connectivity index (χ1) is 7.46. The van der Waals surface area contributed by atoms with Crippen LogP contribution >= 0.6 is 0 Å². The van der Waals surface area contributed by atoms with Crippen molar-refractivity contribution in [1.29, 1.82) is 0 Å². The molecule has 0 N–H and O–H groups in total. The van der Waals surface area contributed by atoms with Crippen molar-refractivity contribution in [1.82, 2.24) is 0 Å². The zero-order valence-electron chi connectivity index (χ0n) is 12.3. The van der Waals surface area contributed by atoms with E-state index >= 15 is 0 Å². The van der Waals surface area contributed by atoms with Crippen molar-refractivity contribution >= 4 is 0 Å². The smallest absolute Gasteiger partial charge is 0.0248 e. The molecule has 0 aromatic carbocycles. The molecule has 1 aliphatic carbocycles. The van der Waals surface area contributed by atoms with Gasteiger partial charge in [-0.3, -0.25) is 0 Å². The molecule has 1 atom stereocenters. The summed E-state index contributed by atoms with van der Waals surface area (Å²) in [6, 6.07) is 0. The van der Waals surface area contributed by atoms with Gasteiger partial charge in [-0.05, 0) is 61.2 Å². The Morgan fingerprint density at radius 2 is 1.56 bits per heavy atom. The lowest BCUT2D eigenvalue weighted by Gasteiger charge is -2.52. The molecule has 0 heterocycles. The van der Waals surface area contributed by atoms with Crippen LogP contribution in [0.3, 0.4) is 0 Å². The molecule has 0 bridgehead atoms. The lowest BCUT2D eigenvalue weighted by Crippen LogP contribution is -2.43. The van der Waals surface area contributed by atoms with Crippen LogP contribution in [-0.4, -0.2) is 0 Å². The Labute approximate surface area is 103 Å². The lowest BCUT2D eigenvalue weighted by atomic mass is 9.53. The molecule has 0 spiro atoms.